The summed E-state index contributed by atoms with van der Waals surface area (Å²) in [5, 5.41) is 6.95. The number of guanidine groups is 1. The van der Waals surface area contributed by atoms with Crippen molar-refractivity contribution < 1.29 is 0 Å². The number of hydrogen-bond donors (Lipinski definition) is 2. The maximum Gasteiger partial charge on any atom is 0.191 e. The van der Waals surface area contributed by atoms with Crippen molar-refractivity contribution in [3.8, 4) is 0 Å². The minimum absolute atomic E-state index is 0.577. The molecule has 0 bridgehead atoms. The molecule has 0 unspecified atom stereocenters. The van der Waals surface area contributed by atoms with Gasteiger partial charge < -0.3 is 10.6 Å². The third-order valence-electron chi connectivity index (χ3n) is 4.26. The Morgan fingerprint density at radius 1 is 1.29 bits per heavy atom. The molecule has 4 heteroatoms. The lowest BCUT2D eigenvalue weighted by molar-refractivity contribution is 0.329. The molecule has 0 aliphatic heterocycles. The van der Waals surface area contributed by atoms with Crippen LogP contribution in [-0.4, -0.2) is 30.6 Å². The van der Waals surface area contributed by atoms with Crippen molar-refractivity contribution in [2.45, 2.75) is 52.0 Å². The number of nitrogens with zero attached hydrogens (tertiary/aromatic N) is 2. The lowest BCUT2D eigenvalue weighted by Gasteiger charge is -2.28. The van der Waals surface area contributed by atoms with E-state index >= 15 is 0 Å². The van der Waals surface area contributed by atoms with E-state index in [0.717, 1.165) is 30.5 Å². The quantitative estimate of drug-likeness (QED) is 0.661. The number of aromatic nitrogens is 1. The van der Waals surface area contributed by atoms with Crippen LogP contribution in [0.1, 0.15) is 43.9 Å². The lowest BCUT2D eigenvalue weighted by Crippen LogP contribution is -2.45. The summed E-state index contributed by atoms with van der Waals surface area (Å²) in [4.78, 5) is 8.65. The molecular formula is C17H28N4. The Morgan fingerprint density at radius 2 is 2.05 bits per heavy atom. The van der Waals surface area contributed by atoms with Crippen molar-refractivity contribution in [2.24, 2.45) is 10.9 Å². The fraction of sp³-hybridized carbons (Fsp3) is 0.647. The van der Waals surface area contributed by atoms with Gasteiger partial charge >= 0.3 is 0 Å². The van der Waals surface area contributed by atoms with Gasteiger partial charge in [0.15, 0.2) is 5.96 Å². The van der Waals surface area contributed by atoms with Gasteiger partial charge in [0.25, 0.3) is 0 Å². The molecule has 0 radical (unpaired) electrons. The van der Waals surface area contributed by atoms with E-state index in [0.29, 0.717) is 6.04 Å². The van der Waals surface area contributed by atoms with E-state index in [1.54, 1.807) is 0 Å². The highest BCUT2D eigenvalue weighted by atomic mass is 15.2. The monoisotopic (exact) mass is 288 g/mol. The first kappa shape index (κ1) is 15.8. The fourth-order valence-corrected chi connectivity index (χ4v) is 2.76. The SMILES string of the molecule is CN=C(NCCc1ccc(C)nc1)NC1CCC(C)CC1. The summed E-state index contributed by atoms with van der Waals surface area (Å²) in [5.41, 5.74) is 2.32. The zero-order valence-corrected chi connectivity index (χ0v) is 13.5. The summed E-state index contributed by atoms with van der Waals surface area (Å²) < 4.78 is 0. The molecular weight excluding hydrogens is 260 g/mol. The average Bonchev–Trinajstić information content (AvgIpc) is 2.50. The predicted octanol–water partition coefficient (Wildman–Crippen LogP) is 2.68. The molecule has 0 saturated heterocycles. The van der Waals surface area contributed by atoms with Crippen LogP contribution in [0.3, 0.4) is 0 Å². The molecule has 1 fully saturated rings. The molecule has 21 heavy (non-hydrogen) atoms. The Labute approximate surface area is 128 Å². The van der Waals surface area contributed by atoms with Crippen molar-refractivity contribution in [1.29, 1.82) is 0 Å². The van der Waals surface area contributed by atoms with Crippen LogP contribution in [-0.2, 0) is 6.42 Å². The largest absolute Gasteiger partial charge is 0.356 e. The summed E-state index contributed by atoms with van der Waals surface area (Å²) in [6, 6.07) is 4.78. The first-order valence-electron chi connectivity index (χ1n) is 8.06. The van der Waals surface area contributed by atoms with E-state index in [1.165, 1.54) is 31.2 Å². The Balaban J connectivity index is 1.71. The van der Waals surface area contributed by atoms with Crippen molar-refractivity contribution in [1.82, 2.24) is 15.6 Å². The molecule has 1 aromatic rings. The van der Waals surface area contributed by atoms with Crippen molar-refractivity contribution in [3.63, 3.8) is 0 Å². The van der Waals surface area contributed by atoms with E-state index < -0.39 is 0 Å². The number of rotatable bonds is 4. The van der Waals surface area contributed by atoms with E-state index in [-0.39, 0.29) is 0 Å². The van der Waals surface area contributed by atoms with Crippen LogP contribution >= 0.6 is 0 Å². The summed E-state index contributed by atoms with van der Waals surface area (Å²) in [6.45, 7) is 5.24. The lowest BCUT2D eigenvalue weighted by atomic mass is 9.87. The van der Waals surface area contributed by atoms with Gasteiger partial charge in [0.2, 0.25) is 0 Å². The molecule has 1 heterocycles. The molecule has 1 aromatic heterocycles. The average molecular weight is 288 g/mol. The van der Waals surface area contributed by atoms with Gasteiger partial charge in [-0.1, -0.05) is 13.0 Å². The maximum absolute atomic E-state index is 4.33. The zero-order valence-electron chi connectivity index (χ0n) is 13.5. The maximum atomic E-state index is 4.33. The molecule has 2 N–H and O–H groups in total. The number of aryl methyl sites for hydroxylation is 1. The molecule has 1 aliphatic carbocycles. The Morgan fingerprint density at radius 3 is 2.67 bits per heavy atom. The Bertz CT molecular complexity index is 444. The van der Waals surface area contributed by atoms with Crippen molar-refractivity contribution >= 4 is 5.96 Å². The molecule has 2 rings (SSSR count). The molecule has 1 aliphatic rings. The van der Waals surface area contributed by atoms with E-state index in [9.17, 15) is 0 Å². The van der Waals surface area contributed by atoms with Crippen LogP contribution in [0.25, 0.3) is 0 Å². The highest BCUT2D eigenvalue weighted by molar-refractivity contribution is 5.79. The van der Waals surface area contributed by atoms with Crippen LogP contribution in [0, 0.1) is 12.8 Å². The Kier molecular flexibility index (Phi) is 6.03. The first-order valence-corrected chi connectivity index (χ1v) is 8.06. The molecule has 116 valence electrons. The van der Waals surface area contributed by atoms with E-state index in [2.05, 4.69) is 39.7 Å². The van der Waals surface area contributed by atoms with Gasteiger partial charge in [0, 0.05) is 31.5 Å². The predicted molar refractivity (Wildman–Crippen MR) is 88.6 cm³/mol. The fourth-order valence-electron chi connectivity index (χ4n) is 2.76. The van der Waals surface area contributed by atoms with Gasteiger partial charge in [-0.05, 0) is 56.6 Å². The summed E-state index contributed by atoms with van der Waals surface area (Å²) in [6.07, 6.45) is 8.08. The number of nitrogens with one attached hydrogen (secondary N) is 2. The minimum atomic E-state index is 0.577. The highest BCUT2D eigenvalue weighted by Gasteiger charge is 2.18. The van der Waals surface area contributed by atoms with Crippen LogP contribution in [0.2, 0.25) is 0 Å². The molecule has 4 nitrogen and oxygen atoms in total. The van der Waals surface area contributed by atoms with Gasteiger partial charge in [0.1, 0.15) is 0 Å². The summed E-state index contributed by atoms with van der Waals surface area (Å²) in [5.74, 6) is 1.81. The highest BCUT2D eigenvalue weighted by Crippen LogP contribution is 2.23. The van der Waals surface area contributed by atoms with E-state index in [4.69, 9.17) is 0 Å². The minimum Gasteiger partial charge on any atom is -0.356 e. The number of pyridine rings is 1. The van der Waals surface area contributed by atoms with Crippen LogP contribution in [0.15, 0.2) is 23.3 Å². The molecule has 0 amide bonds. The molecule has 1 saturated carbocycles. The zero-order chi connectivity index (χ0) is 15.1. The standard InChI is InChI=1S/C17H28N4/c1-13-4-8-16(9-5-13)21-17(18-3)19-11-10-15-7-6-14(2)20-12-15/h6-7,12-13,16H,4-5,8-11H2,1-3H3,(H2,18,19,21). The third-order valence-corrected chi connectivity index (χ3v) is 4.26. The second-order valence-electron chi connectivity index (χ2n) is 6.16. The smallest absolute Gasteiger partial charge is 0.191 e. The normalized spacial score (nSPS) is 22.9. The van der Waals surface area contributed by atoms with Gasteiger partial charge in [-0.3, -0.25) is 9.98 Å². The number of hydrogen-bond acceptors (Lipinski definition) is 2. The second kappa shape index (κ2) is 8.01. The van der Waals surface area contributed by atoms with Crippen molar-refractivity contribution in [2.75, 3.05) is 13.6 Å². The molecule has 0 aromatic carbocycles. The number of aliphatic imine (C=N–C) groups is 1. The molecule has 0 spiro atoms. The topological polar surface area (TPSA) is 49.3 Å². The van der Waals surface area contributed by atoms with Gasteiger partial charge in [-0.25, -0.2) is 0 Å². The third kappa shape index (κ3) is 5.37. The van der Waals surface area contributed by atoms with E-state index in [1.807, 2.05) is 20.2 Å². The van der Waals surface area contributed by atoms with Gasteiger partial charge in [0.05, 0.1) is 0 Å². The van der Waals surface area contributed by atoms with Gasteiger partial charge in [-0.15, -0.1) is 0 Å². The Hall–Kier alpha value is -1.58. The van der Waals surface area contributed by atoms with Crippen LogP contribution in [0.4, 0.5) is 0 Å². The van der Waals surface area contributed by atoms with Crippen molar-refractivity contribution in [3.05, 3.63) is 29.6 Å². The summed E-state index contributed by atoms with van der Waals surface area (Å²) in [7, 11) is 1.84. The van der Waals surface area contributed by atoms with Crippen LogP contribution in [0.5, 0.6) is 0 Å². The molecule has 0 atom stereocenters. The van der Waals surface area contributed by atoms with Crippen LogP contribution < -0.4 is 10.6 Å². The second-order valence-corrected chi connectivity index (χ2v) is 6.16. The van der Waals surface area contributed by atoms with Gasteiger partial charge in [-0.2, -0.15) is 0 Å². The first-order chi connectivity index (χ1) is 10.2. The summed E-state index contributed by atoms with van der Waals surface area (Å²) >= 11 is 0.